The number of hydrogen-bond donors (Lipinski definition) is 0. The summed E-state index contributed by atoms with van der Waals surface area (Å²) in [6.07, 6.45) is -2.19. The van der Waals surface area contributed by atoms with E-state index in [2.05, 4.69) is 9.97 Å². The predicted molar refractivity (Wildman–Crippen MR) is 124 cm³/mol. The van der Waals surface area contributed by atoms with Crippen LogP contribution in [0.3, 0.4) is 0 Å². The number of nitrogens with zero attached hydrogens (tertiary/aromatic N) is 2. The first-order valence-corrected chi connectivity index (χ1v) is 11.3. The van der Waals surface area contributed by atoms with E-state index < -0.39 is 40.1 Å². The second kappa shape index (κ2) is 8.94. The zero-order valence-corrected chi connectivity index (χ0v) is 19.1. The third kappa shape index (κ3) is 4.51. The topological polar surface area (TPSA) is 35.0 Å². The SMILES string of the molecule is Cc1ccc(-c2ccc3nc(C(F)(F)Oc4ccc(-c5cc(F)c(F)c(F)c5)c(F)c4)sc3c2)nc1. The maximum Gasteiger partial charge on any atom is 0.454 e. The van der Waals surface area contributed by atoms with Crippen molar-refractivity contribution >= 4 is 21.6 Å². The molecule has 0 atom stereocenters. The summed E-state index contributed by atoms with van der Waals surface area (Å²) < 4.78 is 89.8. The normalized spacial score (nSPS) is 11.8. The first-order valence-electron chi connectivity index (χ1n) is 10.5. The van der Waals surface area contributed by atoms with Crippen molar-refractivity contribution in [1.29, 1.82) is 0 Å². The molecule has 0 saturated heterocycles. The van der Waals surface area contributed by atoms with Crippen LogP contribution in [-0.2, 0) is 6.11 Å². The van der Waals surface area contributed by atoms with Crippen LogP contribution in [0.1, 0.15) is 10.6 Å². The first-order chi connectivity index (χ1) is 17.1. The molecule has 0 radical (unpaired) electrons. The van der Waals surface area contributed by atoms with Gasteiger partial charge in [-0.05, 0) is 60.5 Å². The summed E-state index contributed by atoms with van der Waals surface area (Å²) in [5.41, 5.74) is 2.10. The number of aryl methyl sites for hydroxylation is 1. The number of fused-ring (bicyclic) bond motifs is 1. The molecule has 0 aliphatic heterocycles. The van der Waals surface area contributed by atoms with Gasteiger partial charge in [-0.15, -0.1) is 11.3 Å². The number of halogens is 6. The van der Waals surface area contributed by atoms with Gasteiger partial charge >= 0.3 is 6.11 Å². The van der Waals surface area contributed by atoms with Crippen molar-refractivity contribution in [2.45, 2.75) is 13.0 Å². The Hall–Kier alpha value is -3.92. The molecule has 0 amide bonds. The number of aromatic nitrogens is 2. The number of ether oxygens (including phenoxy) is 1. The van der Waals surface area contributed by atoms with Gasteiger partial charge in [-0.2, -0.15) is 8.78 Å². The largest absolute Gasteiger partial charge is 0.454 e. The molecular formula is C26H14F6N2OS. The molecule has 0 unspecified atom stereocenters. The number of thiazole rings is 1. The van der Waals surface area contributed by atoms with Gasteiger partial charge in [-0.25, -0.2) is 22.5 Å². The number of pyridine rings is 1. The summed E-state index contributed by atoms with van der Waals surface area (Å²) >= 11 is 0.718. The van der Waals surface area contributed by atoms with Crippen molar-refractivity contribution in [2.24, 2.45) is 0 Å². The summed E-state index contributed by atoms with van der Waals surface area (Å²) in [7, 11) is 0. The van der Waals surface area contributed by atoms with Crippen LogP contribution in [0.25, 0.3) is 32.6 Å². The Morgan fingerprint density at radius 3 is 2.22 bits per heavy atom. The van der Waals surface area contributed by atoms with E-state index >= 15 is 0 Å². The average Bonchev–Trinajstić information content (AvgIpc) is 3.27. The average molecular weight is 516 g/mol. The highest BCUT2D eigenvalue weighted by molar-refractivity contribution is 7.18. The van der Waals surface area contributed by atoms with Crippen LogP contribution in [-0.4, -0.2) is 9.97 Å². The van der Waals surface area contributed by atoms with Crippen molar-refractivity contribution in [2.75, 3.05) is 0 Å². The summed E-state index contributed by atoms with van der Waals surface area (Å²) in [5, 5.41) is -0.640. The molecule has 5 aromatic rings. The summed E-state index contributed by atoms with van der Waals surface area (Å²) in [6, 6.07) is 12.6. The van der Waals surface area contributed by atoms with Crippen molar-refractivity contribution in [3.8, 4) is 28.1 Å². The van der Waals surface area contributed by atoms with Crippen molar-refractivity contribution in [3.05, 3.63) is 101 Å². The van der Waals surface area contributed by atoms with Gasteiger partial charge in [0.1, 0.15) is 11.6 Å². The van der Waals surface area contributed by atoms with E-state index in [0.717, 1.165) is 34.6 Å². The van der Waals surface area contributed by atoms with E-state index in [1.807, 2.05) is 19.1 Å². The maximum absolute atomic E-state index is 14.9. The Kier molecular flexibility index (Phi) is 5.91. The number of rotatable bonds is 5. The van der Waals surface area contributed by atoms with Crippen molar-refractivity contribution < 1.29 is 31.1 Å². The molecule has 10 heteroatoms. The lowest BCUT2D eigenvalue weighted by atomic mass is 10.0. The van der Waals surface area contributed by atoms with Crippen LogP contribution in [0.4, 0.5) is 26.3 Å². The van der Waals surface area contributed by atoms with Crippen LogP contribution in [0, 0.1) is 30.2 Å². The molecule has 0 saturated carbocycles. The standard InChI is InChI=1S/C26H14F6N2OS/c1-13-2-6-21(33-12-13)14-3-7-22-23(10-14)36-25(34-22)26(31,32)35-16-4-5-17(18(27)11-16)15-8-19(28)24(30)20(29)9-15/h2-12H,1H3. The molecule has 0 fully saturated rings. The number of benzene rings is 3. The molecule has 2 aromatic heterocycles. The lowest BCUT2D eigenvalue weighted by Crippen LogP contribution is -2.21. The molecule has 3 aromatic carbocycles. The fourth-order valence-corrected chi connectivity index (χ4v) is 4.46. The minimum atomic E-state index is -3.89. The molecule has 182 valence electrons. The maximum atomic E-state index is 14.9. The van der Waals surface area contributed by atoms with Gasteiger partial charge < -0.3 is 4.74 Å². The minimum absolute atomic E-state index is 0.299. The highest BCUT2D eigenvalue weighted by Gasteiger charge is 2.39. The van der Waals surface area contributed by atoms with Gasteiger partial charge in [0.05, 0.1) is 15.9 Å². The molecule has 36 heavy (non-hydrogen) atoms. The molecule has 3 nitrogen and oxygen atoms in total. The van der Waals surface area contributed by atoms with E-state index in [4.69, 9.17) is 4.74 Å². The summed E-state index contributed by atoms with van der Waals surface area (Å²) in [4.78, 5) is 8.29. The van der Waals surface area contributed by atoms with Gasteiger partial charge in [0.15, 0.2) is 17.5 Å². The van der Waals surface area contributed by atoms with E-state index in [1.54, 1.807) is 24.4 Å². The number of hydrogen-bond acceptors (Lipinski definition) is 4. The quantitative estimate of drug-likeness (QED) is 0.175. The van der Waals surface area contributed by atoms with Crippen LogP contribution in [0.15, 0.2) is 66.9 Å². The molecule has 5 rings (SSSR count). The molecule has 0 aliphatic rings. The van der Waals surface area contributed by atoms with Crippen LogP contribution >= 0.6 is 11.3 Å². The zero-order valence-electron chi connectivity index (χ0n) is 18.3. The Bertz CT molecular complexity index is 1580. The highest BCUT2D eigenvalue weighted by atomic mass is 32.1. The molecular weight excluding hydrogens is 502 g/mol. The Morgan fingerprint density at radius 2 is 1.56 bits per heavy atom. The smallest absolute Gasteiger partial charge is 0.427 e. The molecule has 0 spiro atoms. The monoisotopic (exact) mass is 516 g/mol. The third-order valence-corrected chi connectivity index (χ3v) is 6.40. The first kappa shape index (κ1) is 23.8. The van der Waals surface area contributed by atoms with Gasteiger partial charge in [-0.1, -0.05) is 12.1 Å². The summed E-state index contributed by atoms with van der Waals surface area (Å²) in [5.74, 6) is -6.33. The Morgan fingerprint density at radius 1 is 0.806 bits per heavy atom. The molecule has 0 N–H and O–H groups in total. The van der Waals surface area contributed by atoms with Gasteiger partial charge in [-0.3, -0.25) is 4.98 Å². The lowest BCUT2D eigenvalue weighted by Gasteiger charge is -2.16. The predicted octanol–water partition coefficient (Wildman–Crippen LogP) is 8.02. The lowest BCUT2D eigenvalue weighted by molar-refractivity contribution is -0.185. The van der Waals surface area contributed by atoms with Gasteiger partial charge in [0.2, 0.25) is 5.01 Å². The van der Waals surface area contributed by atoms with E-state index in [-0.39, 0.29) is 11.1 Å². The molecule has 0 aliphatic carbocycles. The summed E-state index contributed by atoms with van der Waals surface area (Å²) in [6.45, 7) is 1.90. The van der Waals surface area contributed by atoms with Crippen LogP contribution in [0.2, 0.25) is 0 Å². The molecule has 2 heterocycles. The van der Waals surface area contributed by atoms with E-state index in [1.165, 1.54) is 0 Å². The van der Waals surface area contributed by atoms with Crippen LogP contribution in [0.5, 0.6) is 5.75 Å². The Labute approximate surface area is 204 Å². The third-order valence-electron chi connectivity index (χ3n) is 5.33. The van der Waals surface area contributed by atoms with E-state index in [0.29, 0.717) is 34.1 Å². The van der Waals surface area contributed by atoms with Crippen molar-refractivity contribution in [1.82, 2.24) is 9.97 Å². The minimum Gasteiger partial charge on any atom is -0.427 e. The zero-order chi connectivity index (χ0) is 25.6. The number of alkyl halides is 2. The Balaban J connectivity index is 1.41. The molecule has 0 bridgehead atoms. The van der Waals surface area contributed by atoms with Crippen LogP contribution < -0.4 is 4.74 Å². The fraction of sp³-hybridized carbons (Fsp3) is 0.0769. The van der Waals surface area contributed by atoms with E-state index in [9.17, 15) is 26.3 Å². The second-order valence-corrected chi connectivity index (χ2v) is 8.97. The fourth-order valence-electron chi connectivity index (χ4n) is 3.54. The van der Waals surface area contributed by atoms with Gasteiger partial charge in [0.25, 0.3) is 0 Å². The highest BCUT2D eigenvalue weighted by Crippen LogP contribution is 2.38. The second-order valence-electron chi connectivity index (χ2n) is 7.94. The van der Waals surface area contributed by atoms with Crippen molar-refractivity contribution in [3.63, 3.8) is 0 Å². The van der Waals surface area contributed by atoms with Gasteiger partial charge in [0, 0.05) is 23.4 Å².